The summed E-state index contributed by atoms with van der Waals surface area (Å²) in [6, 6.07) is 0. The molecule has 0 bridgehead atoms. The zero-order chi connectivity index (χ0) is 46.0. The van der Waals surface area contributed by atoms with Crippen molar-refractivity contribution >= 4 is 33.4 Å². The second-order valence-corrected chi connectivity index (χ2v) is 17.7. The lowest BCUT2D eigenvalue weighted by Gasteiger charge is -2.20. The summed E-state index contributed by atoms with van der Waals surface area (Å²) in [4.78, 5) is 64.4. The van der Waals surface area contributed by atoms with E-state index >= 15 is 0 Å². The molecule has 0 saturated heterocycles. The van der Waals surface area contributed by atoms with Crippen molar-refractivity contribution in [1.82, 2.24) is 0 Å². The summed E-state index contributed by atoms with van der Waals surface area (Å²) in [7, 11) is -9.72. The van der Waals surface area contributed by atoms with Gasteiger partial charge in [-0.05, 0) is 76.7 Å². The molecule has 0 rings (SSSR count). The first-order valence-corrected chi connectivity index (χ1v) is 25.6. The third kappa shape index (κ3) is 43.9. The molecule has 3 atom stereocenters. The highest BCUT2D eigenvalue weighted by Crippen LogP contribution is 2.43. The third-order valence-electron chi connectivity index (χ3n) is 9.03. The fourth-order valence-corrected chi connectivity index (χ4v) is 6.72. The minimum absolute atomic E-state index is 0.0245. The molecule has 62 heavy (non-hydrogen) atoms. The Bertz CT molecular complexity index is 1430. The Kier molecular flexibility index (Phi) is 39.1. The van der Waals surface area contributed by atoms with Crippen molar-refractivity contribution in [2.75, 3.05) is 26.4 Å². The van der Waals surface area contributed by atoms with Crippen LogP contribution in [0.5, 0.6) is 0 Å². The Morgan fingerprint density at radius 2 is 1.00 bits per heavy atom. The lowest BCUT2D eigenvalue weighted by molar-refractivity contribution is -0.161. The van der Waals surface area contributed by atoms with E-state index in [4.69, 9.17) is 23.8 Å². The third-order valence-corrected chi connectivity index (χ3v) is 10.5. The van der Waals surface area contributed by atoms with Gasteiger partial charge in [-0.15, -0.1) is 0 Å². The summed E-state index contributed by atoms with van der Waals surface area (Å²) in [6.07, 6.45) is 41.6. The van der Waals surface area contributed by atoms with Crippen LogP contribution in [0.2, 0.25) is 0 Å². The topological polar surface area (TPSA) is 212 Å². The quantitative estimate of drug-likeness (QED) is 0.0112. The van der Waals surface area contributed by atoms with Crippen LogP contribution in [0.15, 0.2) is 72.9 Å². The van der Waals surface area contributed by atoms with Gasteiger partial charge in [0.25, 0.3) is 0 Å². The number of aliphatic hydroxyl groups is 1. The van der Waals surface area contributed by atoms with Gasteiger partial charge in [-0.2, -0.15) is 0 Å². The number of esters is 2. The zero-order valence-electron chi connectivity index (χ0n) is 37.4. The average Bonchev–Trinajstić information content (AvgIpc) is 3.23. The Labute approximate surface area is 371 Å². The second-order valence-electron chi connectivity index (χ2n) is 15.0. The SMILES string of the molecule is CCCCC/C=C\C/C=C\CCCCCCCCCC(=O)OC[C@H](COP(=O)(O)OC[C@@H](O)COP(=O)(O)O)OC(=O)CCC/C=C\C/C=C\C/C=C\C=C\C(=O)CCCCC. The Hall–Kier alpha value is -2.77. The van der Waals surface area contributed by atoms with Gasteiger partial charge < -0.3 is 29.3 Å². The number of hydrogen-bond donors (Lipinski definition) is 4. The van der Waals surface area contributed by atoms with Gasteiger partial charge >= 0.3 is 27.6 Å². The van der Waals surface area contributed by atoms with E-state index in [2.05, 4.69) is 47.2 Å². The lowest BCUT2D eigenvalue weighted by Crippen LogP contribution is -2.29. The van der Waals surface area contributed by atoms with E-state index < -0.39 is 66.2 Å². The van der Waals surface area contributed by atoms with Crippen LogP contribution < -0.4 is 0 Å². The Morgan fingerprint density at radius 1 is 0.516 bits per heavy atom. The maximum absolute atomic E-state index is 12.7. The molecule has 16 heteroatoms. The first-order valence-electron chi connectivity index (χ1n) is 22.6. The van der Waals surface area contributed by atoms with Crippen molar-refractivity contribution in [3.05, 3.63) is 72.9 Å². The van der Waals surface area contributed by atoms with E-state index in [-0.39, 0.29) is 18.6 Å². The predicted octanol–water partition coefficient (Wildman–Crippen LogP) is 11.0. The molecule has 0 spiro atoms. The number of phosphoric ester groups is 2. The van der Waals surface area contributed by atoms with E-state index in [0.717, 1.165) is 83.5 Å². The molecule has 0 heterocycles. The molecule has 0 aromatic carbocycles. The Morgan fingerprint density at radius 3 is 1.63 bits per heavy atom. The van der Waals surface area contributed by atoms with Gasteiger partial charge in [-0.3, -0.25) is 28.0 Å². The monoisotopic (exact) mass is 916 g/mol. The summed E-state index contributed by atoms with van der Waals surface area (Å²) < 4.78 is 47.7. The Balaban J connectivity index is 4.65. The average molecular weight is 917 g/mol. The van der Waals surface area contributed by atoms with Crippen LogP contribution in [0.4, 0.5) is 0 Å². The minimum atomic E-state index is -4.88. The van der Waals surface area contributed by atoms with Gasteiger partial charge in [0, 0.05) is 19.3 Å². The maximum atomic E-state index is 12.7. The number of carbonyl (C=O) groups is 3. The molecule has 0 aliphatic rings. The fraction of sp³-hybridized carbons (Fsp3) is 0.674. The van der Waals surface area contributed by atoms with Gasteiger partial charge in [-0.25, -0.2) is 9.13 Å². The number of allylic oxidation sites excluding steroid dienone is 12. The molecule has 0 aliphatic heterocycles. The maximum Gasteiger partial charge on any atom is 0.472 e. The number of phosphoric acid groups is 2. The summed E-state index contributed by atoms with van der Waals surface area (Å²) in [5, 5.41) is 9.75. The molecular weight excluding hydrogens is 838 g/mol. The molecule has 14 nitrogen and oxygen atoms in total. The number of ether oxygens (including phenoxy) is 2. The smallest absolute Gasteiger partial charge is 0.462 e. The van der Waals surface area contributed by atoms with Crippen LogP contribution in [-0.2, 0) is 46.6 Å². The van der Waals surface area contributed by atoms with Gasteiger partial charge in [0.2, 0.25) is 0 Å². The van der Waals surface area contributed by atoms with Crippen molar-refractivity contribution in [2.45, 2.75) is 174 Å². The van der Waals surface area contributed by atoms with Crippen molar-refractivity contribution in [1.29, 1.82) is 0 Å². The largest absolute Gasteiger partial charge is 0.472 e. The molecule has 0 aromatic rings. The molecule has 0 fully saturated rings. The van der Waals surface area contributed by atoms with E-state index in [1.807, 2.05) is 36.5 Å². The molecule has 356 valence electrons. The number of carbonyl (C=O) groups excluding carboxylic acids is 3. The zero-order valence-corrected chi connectivity index (χ0v) is 39.2. The van der Waals surface area contributed by atoms with Crippen LogP contribution in [0, 0.1) is 0 Å². The summed E-state index contributed by atoms with van der Waals surface area (Å²) in [6.45, 7) is 1.48. The molecule has 0 aliphatic carbocycles. The van der Waals surface area contributed by atoms with Crippen LogP contribution in [0.25, 0.3) is 0 Å². The van der Waals surface area contributed by atoms with Gasteiger partial charge in [0.15, 0.2) is 11.9 Å². The standard InChI is InChI=1S/C46H78O14P2/c1-3-5-7-8-9-10-11-12-13-14-15-16-19-22-25-28-32-36-45(49)56-40-44(41-59-62(54,55)58-39-43(48)38-57-61(51,52)53)60-46(50)37-33-29-26-23-20-17-18-21-24-27-31-35-42(47)34-30-6-4-2/h9-10,12-13,17-18,23-24,26-27,31,35,43-44,48H,3-8,11,14-16,19-22,25,28-30,32-34,36-41H2,1-2H3,(H,54,55)(H2,51,52,53)/b10-9-,13-12-,18-17-,26-23-,27-24-,35-31+/t43-,44+/m0/s1. The molecule has 0 radical (unpaired) electrons. The van der Waals surface area contributed by atoms with E-state index in [9.17, 15) is 33.5 Å². The van der Waals surface area contributed by atoms with Gasteiger partial charge in [0.05, 0.1) is 19.8 Å². The molecule has 4 N–H and O–H groups in total. The summed E-state index contributed by atoms with van der Waals surface area (Å²) in [5.74, 6) is -1.00. The number of hydrogen-bond acceptors (Lipinski definition) is 11. The molecule has 0 amide bonds. The molecule has 0 aromatic heterocycles. The second kappa shape index (κ2) is 41.0. The van der Waals surface area contributed by atoms with Gasteiger partial charge in [0.1, 0.15) is 12.7 Å². The minimum Gasteiger partial charge on any atom is -0.462 e. The summed E-state index contributed by atoms with van der Waals surface area (Å²) >= 11 is 0. The number of ketones is 1. The highest BCUT2D eigenvalue weighted by atomic mass is 31.2. The van der Waals surface area contributed by atoms with Crippen LogP contribution >= 0.6 is 15.6 Å². The molecular formula is C46H78O14P2. The van der Waals surface area contributed by atoms with Crippen molar-refractivity contribution in [2.24, 2.45) is 0 Å². The number of aliphatic hydroxyl groups excluding tert-OH is 1. The van der Waals surface area contributed by atoms with Crippen LogP contribution in [-0.4, -0.2) is 76.1 Å². The molecule has 1 unspecified atom stereocenters. The first-order chi connectivity index (χ1) is 29.8. The number of unbranched alkanes of at least 4 members (excludes halogenated alkanes) is 13. The van der Waals surface area contributed by atoms with Crippen LogP contribution in [0.1, 0.15) is 162 Å². The van der Waals surface area contributed by atoms with Crippen molar-refractivity contribution in [3.63, 3.8) is 0 Å². The number of rotatable bonds is 42. The van der Waals surface area contributed by atoms with E-state index in [0.29, 0.717) is 32.1 Å². The van der Waals surface area contributed by atoms with Crippen molar-refractivity contribution < 1.29 is 66.3 Å². The fourth-order valence-electron chi connectivity index (χ4n) is 5.56. The van der Waals surface area contributed by atoms with E-state index in [1.54, 1.807) is 12.2 Å². The van der Waals surface area contributed by atoms with Crippen LogP contribution in [0.3, 0.4) is 0 Å². The summed E-state index contributed by atoms with van der Waals surface area (Å²) in [5.41, 5.74) is 0. The van der Waals surface area contributed by atoms with Gasteiger partial charge in [-0.1, -0.05) is 138 Å². The lowest BCUT2D eigenvalue weighted by atomic mass is 10.1. The first kappa shape index (κ1) is 59.2. The highest BCUT2D eigenvalue weighted by Gasteiger charge is 2.28. The normalized spacial score (nSPS) is 14.5. The van der Waals surface area contributed by atoms with E-state index in [1.165, 1.54) is 19.3 Å². The molecule has 0 saturated carbocycles. The van der Waals surface area contributed by atoms with Crippen molar-refractivity contribution in [3.8, 4) is 0 Å². The highest BCUT2D eigenvalue weighted by molar-refractivity contribution is 7.47. The predicted molar refractivity (Wildman–Crippen MR) is 244 cm³/mol.